The van der Waals surface area contributed by atoms with E-state index < -0.39 is 0 Å². The van der Waals surface area contributed by atoms with Crippen molar-refractivity contribution in [1.82, 2.24) is 14.5 Å². The van der Waals surface area contributed by atoms with Gasteiger partial charge in [0.15, 0.2) is 0 Å². The van der Waals surface area contributed by atoms with Gasteiger partial charge in [0.25, 0.3) is 0 Å². The van der Waals surface area contributed by atoms with Crippen LogP contribution in [0.25, 0.3) is 95.0 Å². The Morgan fingerprint density at radius 2 is 0.914 bits per heavy atom. The molecule has 2 aromatic heterocycles. The predicted molar refractivity (Wildman–Crippen MR) is 295 cm³/mol. The Morgan fingerprint density at radius 3 is 1.56 bits per heavy atom. The minimum Gasteiger partial charge on any atom is -0.507 e. The normalized spacial score (nSPS) is 12.1. The molecule has 0 aliphatic heterocycles. The van der Waals surface area contributed by atoms with Gasteiger partial charge in [0.1, 0.15) is 11.6 Å². The van der Waals surface area contributed by atoms with Crippen LogP contribution >= 0.6 is 0 Å². The molecule has 0 bridgehead atoms. The fraction of sp³-hybridized carbons (Fsp3) is 0.182. The van der Waals surface area contributed by atoms with E-state index in [0.717, 1.165) is 83.6 Å². The van der Waals surface area contributed by atoms with Crippen LogP contribution in [0, 0.1) is 0 Å². The van der Waals surface area contributed by atoms with Crippen molar-refractivity contribution in [3.05, 3.63) is 217 Å². The van der Waals surface area contributed by atoms with Crippen LogP contribution in [0.15, 0.2) is 200 Å². The highest BCUT2D eigenvalue weighted by atomic mass is 16.3. The summed E-state index contributed by atoms with van der Waals surface area (Å²) in [6, 6.07) is 69.2. The van der Waals surface area contributed by atoms with Crippen LogP contribution in [0.2, 0.25) is 0 Å². The van der Waals surface area contributed by atoms with Gasteiger partial charge in [-0.15, -0.1) is 0 Å². The van der Waals surface area contributed by atoms with E-state index in [0.29, 0.717) is 11.4 Å². The van der Waals surface area contributed by atoms with Crippen LogP contribution in [-0.4, -0.2) is 19.6 Å². The first-order chi connectivity index (χ1) is 33.5. The Kier molecular flexibility index (Phi) is 11.8. The monoisotopic (exact) mass is 911 g/mol. The van der Waals surface area contributed by atoms with Gasteiger partial charge in [-0.1, -0.05) is 196 Å². The van der Waals surface area contributed by atoms with Gasteiger partial charge in [-0.05, 0) is 133 Å². The molecule has 10 rings (SSSR count). The van der Waals surface area contributed by atoms with E-state index in [-0.39, 0.29) is 22.0 Å². The van der Waals surface area contributed by atoms with Crippen LogP contribution in [-0.2, 0) is 16.2 Å². The number of benzene rings is 8. The van der Waals surface area contributed by atoms with Crippen LogP contribution < -0.4 is 0 Å². The molecule has 0 radical (unpaired) electrons. The summed E-state index contributed by atoms with van der Waals surface area (Å²) in [5.74, 6) is 0.934. The van der Waals surface area contributed by atoms with E-state index in [1.54, 1.807) is 0 Å². The second-order valence-corrected chi connectivity index (χ2v) is 21.8. The Bertz CT molecular complexity index is 3530. The van der Waals surface area contributed by atoms with E-state index in [4.69, 9.17) is 9.97 Å². The number of aromatic nitrogens is 3. The highest BCUT2D eigenvalue weighted by Crippen LogP contribution is 2.46. The van der Waals surface area contributed by atoms with Crippen molar-refractivity contribution in [2.75, 3.05) is 0 Å². The number of phenols is 1. The molecule has 0 atom stereocenters. The van der Waals surface area contributed by atoms with Gasteiger partial charge in [0, 0.05) is 28.5 Å². The number of hydrogen-bond donors (Lipinski definition) is 1. The first-order valence-electron chi connectivity index (χ1n) is 24.4. The number of pyridine rings is 1. The molecule has 0 saturated heterocycles. The summed E-state index contributed by atoms with van der Waals surface area (Å²) in [6.07, 6.45) is 1.92. The number of phenolic OH excluding ortho intramolecular Hbond substituents is 1. The molecule has 0 amide bonds. The van der Waals surface area contributed by atoms with Crippen LogP contribution in [0.1, 0.15) is 79.0 Å². The third-order valence-corrected chi connectivity index (χ3v) is 13.6. The van der Waals surface area contributed by atoms with Gasteiger partial charge in [0.2, 0.25) is 0 Å². The van der Waals surface area contributed by atoms with Gasteiger partial charge < -0.3 is 5.11 Å². The van der Waals surface area contributed by atoms with Crippen molar-refractivity contribution in [1.29, 1.82) is 0 Å². The van der Waals surface area contributed by atoms with Crippen molar-refractivity contribution < 1.29 is 5.11 Å². The van der Waals surface area contributed by atoms with Gasteiger partial charge in [-0.3, -0.25) is 9.55 Å². The number of imidazole rings is 1. The maximum Gasteiger partial charge on any atom is 0.149 e. The van der Waals surface area contributed by atoms with Crippen molar-refractivity contribution in [2.24, 2.45) is 0 Å². The van der Waals surface area contributed by atoms with Gasteiger partial charge in [-0.25, -0.2) is 4.98 Å². The summed E-state index contributed by atoms with van der Waals surface area (Å²) in [6.45, 7) is 20.0. The molecule has 4 heteroatoms. The number of para-hydroxylation sites is 1. The third kappa shape index (κ3) is 8.98. The second kappa shape index (κ2) is 17.9. The maximum atomic E-state index is 12.6. The summed E-state index contributed by atoms with van der Waals surface area (Å²) in [5, 5.41) is 12.6. The number of hydrogen-bond acceptors (Lipinski definition) is 3. The summed E-state index contributed by atoms with van der Waals surface area (Å²) in [5.41, 5.74) is 19.0. The van der Waals surface area contributed by atoms with Crippen LogP contribution in [0.5, 0.6) is 5.75 Å². The summed E-state index contributed by atoms with van der Waals surface area (Å²) in [4.78, 5) is 10.8. The summed E-state index contributed by atoms with van der Waals surface area (Å²) in [7, 11) is 0. The molecular weight excluding hydrogens is 851 g/mol. The van der Waals surface area contributed by atoms with Crippen molar-refractivity contribution in [3.63, 3.8) is 0 Å². The molecule has 0 aliphatic rings. The van der Waals surface area contributed by atoms with E-state index in [2.05, 4.69) is 261 Å². The van der Waals surface area contributed by atoms with Gasteiger partial charge in [-0.2, -0.15) is 0 Å². The molecule has 8 aromatic carbocycles. The van der Waals surface area contributed by atoms with Crippen LogP contribution in [0.4, 0.5) is 0 Å². The zero-order valence-electron chi connectivity index (χ0n) is 41.8. The zero-order valence-corrected chi connectivity index (χ0v) is 41.8. The Morgan fingerprint density at radius 1 is 0.386 bits per heavy atom. The quantitative estimate of drug-likeness (QED) is 0.165. The lowest BCUT2D eigenvalue weighted by Crippen LogP contribution is -2.17. The Labute approximate surface area is 414 Å². The summed E-state index contributed by atoms with van der Waals surface area (Å²) >= 11 is 0. The molecule has 4 nitrogen and oxygen atoms in total. The average Bonchev–Trinajstić information content (AvgIpc) is 3.75. The molecule has 0 fully saturated rings. The molecule has 1 N–H and O–H groups in total. The number of nitrogens with zero attached hydrogens (tertiary/aromatic N) is 3. The first kappa shape index (κ1) is 45.9. The molecule has 346 valence electrons. The third-order valence-electron chi connectivity index (χ3n) is 13.6. The standard InChI is InChI=1S/C66H61N3O/c1-64(2,3)52-31-32-59(55(40-52)45-25-17-12-18-26-45)69-60-30-20-29-54(61(60)68-63(69)56-41-53(65(4,5)6)42-57(62(56)70)66(7,8)9)50-36-49(44-23-15-11-16-24-44)37-51(38-50)58-39-48(33-34-67-58)47-28-19-27-46(35-47)43-21-13-10-14-22-43/h10-42,70H,1-9H3. The van der Waals surface area contributed by atoms with Crippen molar-refractivity contribution in [3.8, 4) is 89.7 Å². The van der Waals surface area contributed by atoms with E-state index >= 15 is 0 Å². The SMILES string of the molecule is CC(C)(C)c1ccc(-n2c(-c3cc(C(C)(C)C)cc(C(C)(C)C)c3O)nc3c(-c4cc(-c5ccccc5)cc(-c5cc(-c6cccc(-c7ccccc7)c6)ccn5)c4)cccc32)c(-c2ccccc2)c1. The summed E-state index contributed by atoms with van der Waals surface area (Å²) < 4.78 is 2.29. The average molecular weight is 912 g/mol. The topological polar surface area (TPSA) is 50.9 Å². The molecule has 0 aliphatic carbocycles. The van der Waals surface area contributed by atoms with Gasteiger partial charge >= 0.3 is 0 Å². The number of rotatable bonds is 8. The number of fused-ring (bicyclic) bond motifs is 1. The lowest BCUT2D eigenvalue weighted by molar-refractivity contribution is 0.446. The maximum absolute atomic E-state index is 12.6. The molecule has 0 unspecified atom stereocenters. The van der Waals surface area contributed by atoms with Gasteiger partial charge in [0.05, 0.1) is 28.0 Å². The molecule has 0 spiro atoms. The fourth-order valence-corrected chi connectivity index (χ4v) is 9.62. The van der Waals surface area contributed by atoms with E-state index in [9.17, 15) is 5.11 Å². The Hall–Kier alpha value is -7.82. The predicted octanol–water partition coefficient (Wildman–Crippen LogP) is 17.7. The second-order valence-electron chi connectivity index (χ2n) is 21.8. The highest BCUT2D eigenvalue weighted by Gasteiger charge is 2.30. The Balaban J connectivity index is 1.24. The molecular formula is C66H61N3O. The molecule has 70 heavy (non-hydrogen) atoms. The largest absolute Gasteiger partial charge is 0.507 e. The van der Waals surface area contributed by atoms with Crippen molar-refractivity contribution >= 4 is 11.0 Å². The molecule has 0 saturated carbocycles. The highest BCUT2D eigenvalue weighted by molar-refractivity contribution is 5.98. The van der Waals surface area contributed by atoms with Crippen LogP contribution in [0.3, 0.4) is 0 Å². The fourth-order valence-electron chi connectivity index (χ4n) is 9.62. The molecule has 10 aromatic rings. The lowest BCUT2D eigenvalue weighted by Gasteiger charge is -2.28. The van der Waals surface area contributed by atoms with E-state index in [1.165, 1.54) is 16.7 Å². The minimum atomic E-state index is -0.337. The zero-order chi connectivity index (χ0) is 49.0. The number of aromatic hydroxyl groups is 1. The molecule has 2 heterocycles. The first-order valence-corrected chi connectivity index (χ1v) is 24.4. The minimum absolute atomic E-state index is 0.0853. The van der Waals surface area contributed by atoms with E-state index in [1.807, 2.05) is 6.20 Å². The smallest absolute Gasteiger partial charge is 0.149 e. The lowest BCUT2D eigenvalue weighted by atomic mass is 9.79. The van der Waals surface area contributed by atoms with Crippen molar-refractivity contribution in [2.45, 2.75) is 78.6 Å².